The maximum Gasteiger partial charge on any atom is 0.250 e. The highest BCUT2D eigenvalue weighted by molar-refractivity contribution is 5.78. The fraction of sp³-hybridized carbons (Fsp3) is 0.250. The molecule has 0 bridgehead atoms. The van der Waals surface area contributed by atoms with Crippen LogP contribution in [-0.2, 0) is 13.1 Å². The Morgan fingerprint density at radius 1 is 1.27 bits per heavy atom. The van der Waals surface area contributed by atoms with E-state index in [1.165, 1.54) is 13.3 Å². The fourth-order valence-electron chi connectivity index (χ4n) is 2.45. The summed E-state index contributed by atoms with van der Waals surface area (Å²) in [6.45, 7) is 3.15. The van der Waals surface area contributed by atoms with Crippen LogP contribution in [0.2, 0.25) is 0 Å². The zero-order valence-electron chi connectivity index (χ0n) is 12.5. The highest BCUT2D eigenvalue weighted by Gasteiger charge is 2.12. The number of aryl methyl sites for hydroxylation is 1. The number of aromatic nitrogens is 3. The third-order valence-corrected chi connectivity index (χ3v) is 3.54. The summed E-state index contributed by atoms with van der Waals surface area (Å²) in [7, 11) is 1.40. The second kappa shape index (κ2) is 6.01. The number of nitrogens with one attached hydrogen (secondary N) is 1. The number of nitrogens with zero attached hydrogens (tertiary/aromatic N) is 3. The summed E-state index contributed by atoms with van der Waals surface area (Å²) >= 11 is 0. The van der Waals surface area contributed by atoms with Gasteiger partial charge in [0.05, 0.1) is 18.1 Å². The first-order valence-corrected chi connectivity index (χ1v) is 7.11. The molecule has 1 N–H and O–H groups in total. The van der Waals surface area contributed by atoms with E-state index in [4.69, 9.17) is 4.74 Å². The normalized spacial score (nSPS) is 10.9. The first-order chi connectivity index (χ1) is 10.7. The van der Waals surface area contributed by atoms with E-state index in [-0.39, 0.29) is 5.88 Å². The highest BCUT2D eigenvalue weighted by Crippen LogP contribution is 2.21. The van der Waals surface area contributed by atoms with Crippen LogP contribution in [0, 0.1) is 5.82 Å². The Kier molecular flexibility index (Phi) is 3.91. The number of para-hydroxylation sites is 2. The van der Waals surface area contributed by atoms with Gasteiger partial charge in [0.15, 0.2) is 5.82 Å². The van der Waals surface area contributed by atoms with Gasteiger partial charge in [0.2, 0.25) is 11.8 Å². The molecule has 5 nitrogen and oxygen atoms in total. The SMILES string of the molecule is CCn1c(NCc2ccnc(OC)c2F)nc2ccccc21. The van der Waals surface area contributed by atoms with Crippen molar-refractivity contribution in [2.45, 2.75) is 20.0 Å². The molecule has 1 aromatic carbocycles. The number of anilines is 1. The first-order valence-electron chi connectivity index (χ1n) is 7.11. The molecule has 0 saturated carbocycles. The highest BCUT2D eigenvalue weighted by atomic mass is 19.1. The minimum atomic E-state index is -0.448. The molecule has 0 amide bonds. The molecule has 3 aromatic rings. The molecule has 0 aliphatic heterocycles. The van der Waals surface area contributed by atoms with Crippen molar-refractivity contribution in [2.24, 2.45) is 0 Å². The lowest BCUT2D eigenvalue weighted by Gasteiger charge is -2.10. The zero-order chi connectivity index (χ0) is 15.5. The van der Waals surface area contributed by atoms with E-state index >= 15 is 0 Å². The second-order valence-corrected chi connectivity index (χ2v) is 4.82. The summed E-state index contributed by atoms with van der Waals surface area (Å²) in [6.07, 6.45) is 1.53. The van der Waals surface area contributed by atoms with E-state index in [0.29, 0.717) is 12.1 Å². The molecule has 0 aliphatic rings. The van der Waals surface area contributed by atoms with Crippen molar-refractivity contribution < 1.29 is 9.13 Å². The van der Waals surface area contributed by atoms with E-state index in [9.17, 15) is 4.39 Å². The number of pyridine rings is 1. The largest absolute Gasteiger partial charge is 0.479 e. The van der Waals surface area contributed by atoms with Crippen LogP contribution in [-0.4, -0.2) is 21.6 Å². The van der Waals surface area contributed by atoms with Crippen LogP contribution in [0.25, 0.3) is 11.0 Å². The van der Waals surface area contributed by atoms with E-state index in [2.05, 4.69) is 26.8 Å². The van der Waals surface area contributed by atoms with Gasteiger partial charge < -0.3 is 14.6 Å². The summed E-state index contributed by atoms with van der Waals surface area (Å²) < 4.78 is 21.1. The van der Waals surface area contributed by atoms with E-state index in [1.54, 1.807) is 6.07 Å². The number of methoxy groups -OCH3 is 1. The number of fused-ring (bicyclic) bond motifs is 1. The Hall–Kier alpha value is -2.63. The van der Waals surface area contributed by atoms with Crippen LogP contribution in [0.15, 0.2) is 36.5 Å². The summed E-state index contributed by atoms with van der Waals surface area (Å²) in [5.41, 5.74) is 2.46. The molecule has 0 fully saturated rings. The molecule has 0 atom stereocenters. The Bertz CT molecular complexity index is 800. The molecule has 0 unspecified atom stereocenters. The van der Waals surface area contributed by atoms with Crippen molar-refractivity contribution in [1.29, 1.82) is 0 Å². The molecule has 2 heterocycles. The van der Waals surface area contributed by atoms with E-state index in [0.717, 1.165) is 23.5 Å². The lowest BCUT2D eigenvalue weighted by atomic mass is 10.2. The van der Waals surface area contributed by atoms with Gasteiger partial charge in [0, 0.05) is 24.8 Å². The summed E-state index contributed by atoms with van der Waals surface area (Å²) in [5.74, 6) is 0.277. The van der Waals surface area contributed by atoms with Gasteiger partial charge >= 0.3 is 0 Å². The smallest absolute Gasteiger partial charge is 0.250 e. The molecule has 114 valence electrons. The molecule has 3 rings (SSSR count). The van der Waals surface area contributed by atoms with Crippen LogP contribution in [0.1, 0.15) is 12.5 Å². The molecule has 22 heavy (non-hydrogen) atoms. The van der Waals surface area contributed by atoms with Gasteiger partial charge in [-0.25, -0.2) is 14.4 Å². The predicted octanol–water partition coefficient (Wildman–Crippen LogP) is 3.21. The van der Waals surface area contributed by atoms with Crippen molar-refractivity contribution in [3.05, 3.63) is 47.9 Å². The monoisotopic (exact) mass is 300 g/mol. The lowest BCUT2D eigenvalue weighted by molar-refractivity contribution is 0.367. The molecular weight excluding hydrogens is 283 g/mol. The van der Waals surface area contributed by atoms with Gasteiger partial charge in [-0.05, 0) is 25.1 Å². The Balaban J connectivity index is 1.88. The molecule has 6 heteroatoms. The Morgan fingerprint density at radius 3 is 2.86 bits per heavy atom. The number of ether oxygens (including phenoxy) is 1. The summed E-state index contributed by atoms with van der Waals surface area (Å²) in [4.78, 5) is 8.39. The fourth-order valence-corrected chi connectivity index (χ4v) is 2.45. The van der Waals surface area contributed by atoms with Gasteiger partial charge in [-0.1, -0.05) is 12.1 Å². The average molecular weight is 300 g/mol. The maximum absolute atomic E-state index is 14.1. The van der Waals surface area contributed by atoms with Crippen LogP contribution in [0.4, 0.5) is 10.3 Å². The molecule has 0 spiro atoms. The topological polar surface area (TPSA) is 52.0 Å². The Labute approximate surface area is 127 Å². The van der Waals surface area contributed by atoms with Gasteiger partial charge in [-0.3, -0.25) is 0 Å². The number of halogens is 1. The minimum absolute atomic E-state index is 0.00305. The molecule has 0 radical (unpaired) electrons. The van der Waals surface area contributed by atoms with Gasteiger partial charge in [0.1, 0.15) is 0 Å². The number of imidazole rings is 1. The first kappa shape index (κ1) is 14.3. The van der Waals surface area contributed by atoms with Crippen molar-refractivity contribution in [1.82, 2.24) is 14.5 Å². The van der Waals surface area contributed by atoms with Crippen molar-refractivity contribution in [2.75, 3.05) is 12.4 Å². The van der Waals surface area contributed by atoms with Crippen LogP contribution in [0.5, 0.6) is 5.88 Å². The average Bonchev–Trinajstić information content (AvgIpc) is 2.91. The zero-order valence-corrected chi connectivity index (χ0v) is 12.5. The van der Waals surface area contributed by atoms with Crippen LogP contribution < -0.4 is 10.1 Å². The third-order valence-electron chi connectivity index (χ3n) is 3.54. The number of benzene rings is 1. The third kappa shape index (κ3) is 2.47. The maximum atomic E-state index is 14.1. The quantitative estimate of drug-likeness (QED) is 0.786. The van der Waals surface area contributed by atoms with E-state index in [1.807, 2.05) is 24.3 Å². The number of rotatable bonds is 5. The van der Waals surface area contributed by atoms with Gasteiger partial charge in [-0.15, -0.1) is 0 Å². The predicted molar refractivity (Wildman–Crippen MR) is 83.5 cm³/mol. The second-order valence-electron chi connectivity index (χ2n) is 4.82. The molecule has 0 saturated heterocycles. The summed E-state index contributed by atoms with van der Waals surface area (Å²) in [5, 5.41) is 3.19. The van der Waals surface area contributed by atoms with Crippen molar-refractivity contribution in [3.63, 3.8) is 0 Å². The minimum Gasteiger partial charge on any atom is -0.479 e. The standard InChI is InChI=1S/C16H17FN4O/c1-3-21-13-7-5-4-6-12(13)20-16(21)19-10-11-8-9-18-15(22-2)14(11)17/h4-9H,3,10H2,1-2H3,(H,19,20). The van der Waals surface area contributed by atoms with Crippen LogP contribution >= 0.6 is 0 Å². The van der Waals surface area contributed by atoms with E-state index < -0.39 is 5.82 Å². The lowest BCUT2D eigenvalue weighted by Crippen LogP contribution is -2.08. The van der Waals surface area contributed by atoms with Crippen LogP contribution in [0.3, 0.4) is 0 Å². The molecule has 2 aromatic heterocycles. The number of hydrogen-bond donors (Lipinski definition) is 1. The van der Waals surface area contributed by atoms with Gasteiger partial charge in [-0.2, -0.15) is 0 Å². The summed E-state index contributed by atoms with van der Waals surface area (Å²) in [6, 6.07) is 9.54. The molecular formula is C16H17FN4O. The van der Waals surface area contributed by atoms with Gasteiger partial charge in [0.25, 0.3) is 0 Å². The van der Waals surface area contributed by atoms with Crippen molar-refractivity contribution >= 4 is 17.0 Å². The van der Waals surface area contributed by atoms with Crippen molar-refractivity contribution in [3.8, 4) is 5.88 Å². The Morgan fingerprint density at radius 2 is 2.09 bits per heavy atom. The number of hydrogen-bond acceptors (Lipinski definition) is 4. The molecule has 0 aliphatic carbocycles.